The van der Waals surface area contributed by atoms with E-state index < -0.39 is 30.2 Å². The lowest BCUT2D eigenvalue weighted by molar-refractivity contribution is -0.123. The third kappa shape index (κ3) is 3.72. The molecule has 0 spiro atoms. The highest BCUT2D eigenvalue weighted by Crippen LogP contribution is 2.26. The molecule has 2 atom stereocenters. The summed E-state index contributed by atoms with van der Waals surface area (Å²) < 4.78 is 41.2. The van der Waals surface area contributed by atoms with Gasteiger partial charge in [0.1, 0.15) is 17.1 Å². The zero-order valence-corrected chi connectivity index (χ0v) is 15.9. The second-order valence-electron chi connectivity index (χ2n) is 7.14. The van der Waals surface area contributed by atoms with Crippen LogP contribution in [0.3, 0.4) is 0 Å². The topological polar surface area (TPSA) is 88.4 Å². The molecule has 1 aliphatic heterocycles. The predicted octanol–water partition coefficient (Wildman–Crippen LogP) is 2.86. The molecule has 7 nitrogen and oxygen atoms in total. The number of aromatic nitrogens is 3. The third-order valence-electron chi connectivity index (χ3n) is 5.02. The summed E-state index contributed by atoms with van der Waals surface area (Å²) >= 11 is 0. The van der Waals surface area contributed by atoms with E-state index in [1.165, 1.54) is 30.5 Å². The average molecular weight is 417 g/mol. The minimum Gasteiger partial charge on any atom is -0.347 e. The number of hydrogen-bond acceptors (Lipinski definition) is 4. The number of hydrogen-bond donors (Lipinski definition) is 2. The SMILES string of the molecule is Cc1cc(C(F)F)n2ncc(C(=O)NC3CCC(=O)NC3c3cccc(F)c3)c2n1. The Bertz CT molecular complexity index is 1130. The van der Waals surface area contributed by atoms with Crippen LogP contribution in [0.15, 0.2) is 36.5 Å². The largest absolute Gasteiger partial charge is 0.347 e. The summed E-state index contributed by atoms with van der Waals surface area (Å²) in [6.07, 6.45) is -1.07. The van der Waals surface area contributed by atoms with Gasteiger partial charge in [0.15, 0.2) is 5.65 Å². The first-order valence-corrected chi connectivity index (χ1v) is 9.32. The number of fused-ring (bicyclic) bond motifs is 1. The van der Waals surface area contributed by atoms with Crippen molar-refractivity contribution in [3.63, 3.8) is 0 Å². The van der Waals surface area contributed by atoms with Gasteiger partial charge >= 0.3 is 0 Å². The number of halogens is 3. The highest BCUT2D eigenvalue weighted by molar-refractivity contribution is 6.00. The number of amides is 2. The van der Waals surface area contributed by atoms with Gasteiger partial charge in [0.2, 0.25) is 5.91 Å². The first-order chi connectivity index (χ1) is 14.3. The average Bonchev–Trinajstić information content (AvgIpc) is 3.12. The van der Waals surface area contributed by atoms with Gasteiger partial charge in [0.05, 0.1) is 18.3 Å². The Kier molecular flexibility index (Phi) is 5.15. The highest BCUT2D eigenvalue weighted by atomic mass is 19.3. The first kappa shape index (κ1) is 19.9. The van der Waals surface area contributed by atoms with Crippen LogP contribution in [0, 0.1) is 12.7 Å². The Morgan fingerprint density at radius 3 is 2.87 bits per heavy atom. The first-order valence-electron chi connectivity index (χ1n) is 9.32. The van der Waals surface area contributed by atoms with E-state index in [4.69, 9.17) is 0 Å². The van der Waals surface area contributed by atoms with Crippen LogP contribution in [0.4, 0.5) is 13.2 Å². The quantitative estimate of drug-likeness (QED) is 0.683. The van der Waals surface area contributed by atoms with E-state index in [9.17, 15) is 22.8 Å². The maximum atomic E-state index is 13.7. The van der Waals surface area contributed by atoms with Crippen LogP contribution in [-0.2, 0) is 4.79 Å². The van der Waals surface area contributed by atoms with Crippen molar-refractivity contribution in [3.8, 4) is 0 Å². The summed E-state index contributed by atoms with van der Waals surface area (Å²) in [6, 6.07) is 5.83. The lowest BCUT2D eigenvalue weighted by Crippen LogP contribution is -2.50. The molecule has 4 rings (SSSR count). The van der Waals surface area contributed by atoms with Crippen molar-refractivity contribution in [2.45, 2.75) is 38.3 Å². The van der Waals surface area contributed by atoms with E-state index in [0.29, 0.717) is 17.7 Å². The Morgan fingerprint density at radius 1 is 1.33 bits per heavy atom. The summed E-state index contributed by atoms with van der Waals surface area (Å²) in [5, 5.41) is 9.48. The molecule has 1 saturated heterocycles. The fraction of sp³-hybridized carbons (Fsp3) is 0.300. The Morgan fingerprint density at radius 2 is 2.13 bits per heavy atom. The predicted molar refractivity (Wildman–Crippen MR) is 100 cm³/mol. The summed E-state index contributed by atoms with van der Waals surface area (Å²) in [5.74, 6) is -1.23. The number of nitrogens with one attached hydrogen (secondary N) is 2. The summed E-state index contributed by atoms with van der Waals surface area (Å²) in [5.41, 5.74) is 0.539. The molecular formula is C20H18F3N5O2. The molecule has 156 valence electrons. The van der Waals surface area contributed by atoms with Gasteiger partial charge in [-0.05, 0) is 37.1 Å². The molecule has 2 amide bonds. The summed E-state index contributed by atoms with van der Waals surface area (Å²) in [6.45, 7) is 1.55. The molecule has 1 aliphatic rings. The van der Waals surface area contributed by atoms with E-state index in [1.807, 2.05) is 0 Å². The molecule has 1 aromatic carbocycles. The van der Waals surface area contributed by atoms with Gasteiger partial charge in [-0.3, -0.25) is 9.59 Å². The second kappa shape index (κ2) is 7.77. The van der Waals surface area contributed by atoms with Crippen LogP contribution in [0.25, 0.3) is 5.65 Å². The maximum Gasteiger partial charge on any atom is 0.280 e. The highest BCUT2D eigenvalue weighted by Gasteiger charge is 2.32. The molecule has 30 heavy (non-hydrogen) atoms. The van der Waals surface area contributed by atoms with Crippen molar-refractivity contribution in [1.29, 1.82) is 0 Å². The van der Waals surface area contributed by atoms with E-state index in [-0.39, 0.29) is 29.2 Å². The molecule has 3 heterocycles. The number of carbonyl (C=O) groups is 2. The molecule has 2 N–H and O–H groups in total. The lowest BCUT2D eigenvalue weighted by Gasteiger charge is -2.33. The van der Waals surface area contributed by atoms with Crippen molar-refractivity contribution in [1.82, 2.24) is 25.2 Å². The number of alkyl halides is 2. The molecular weight excluding hydrogens is 399 g/mol. The summed E-state index contributed by atoms with van der Waals surface area (Å²) in [4.78, 5) is 29.0. The van der Waals surface area contributed by atoms with Crippen LogP contribution >= 0.6 is 0 Å². The van der Waals surface area contributed by atoms with Crippen molar-refractivity contribution >= 4 is 17.5 Å². The maximum absolute atomic E-state index is 13.7. The molecule has 0 radical (unpaired) electrons. The monoisotopic (exact) mass is 417 g/mol. The van der Waals surface area contributed by atoms with E-state index in [0.717, 1.165) is 4.52 Å². The van der Waals surface area contributed by atoms with Gasteiger partial charge in [0.25, 0.3) is 12.3 Å². The third-order valence-corrected chi connectivity index (χ3v) is 5.02. The molecule has 0 aliphatic carbocycles. The summed E-state index contributed by atoms with van der Waals surface area (Å²) in [7, 11) is 0. The zero-order valence-electron chi connectivity index (χ0n) is 15.9. The number of piperidine rings is 1. The molecule has 3 aromatic rings. The smallest absolute Gasteiger partial charge is 0.280 e. The normalized spacial score (nSPS) is 19.2. The molecule has 2 unspecified atom stereocenters. The van der Waals surface area contributed by atoms with Gasteiger partial charge in [0, 0.05) is 12.1 Å². The number of nitrogens with zero attached hydrogens (tertiary/aromatic N) is 3. The van der Waals surface area contributed by atoms with E-state index in [1.54, 1.807) is 13.0 Å². The van der Waals surface area contributed by atoms with Crippen molar-refractivity contribution < 1.29 is 22.8 Å². The van der Waals surface area contributed by atoms with E-state index >= 15 is 0 Å². The van der Waals surface area contributed by atoms with Crippen molar-refractivity contribution in [2.75, 3.05) is 0 Å². The minimum atomic E-state index is -2.78. The van der Waals surface area contributed by atoms with Gasteiger partial charge in [-0.1, -0.05) is 12.1 Å². The van der Waals surface area contributed by atoms with Gasteiger partial charge in [-0.25, -0.2) is 22.7 Å². The van der Waals surface area contributed by atoms with Crippen LogP contribution in [0.2, 0.25) is 0 Å². The molecule has 1 fully saturated rings. The van der Waals surface area contributed by atoms with Crippen LogP contribution in [0.1, 0.15) is 52.6 Å². The van der Waals surface area contributed by atoms with Crippen molar-refractivity contribution in [2.24, 2.45) is 0 Å². The van der Waals surface area contributed by atoms with Gasteiger partial charge in [-0.15, -0.1) is 0 Å². The fourth-order valence-electron chi connectivity index (χ4n) is 3.65. The number of aryl methyl sites for hydroxylation is 1. The number of carbonyl (C=O) groups excluding carboxylic acids is 2. The molecule has 10 heteroatoms. The molecule has 2 aromatic heterocycles. The lowest BCUT2D eigenvalue weighted by atomic mass is 9.91. The Balaban J connectivity index is 1.65. The number of benzene rings is 1. The zero-order chi connectivity index (χ0) is 21.4. The minimum absolute atomic E-state index is 0.0185. The standard InChI is InChI=1S/C20H18F3N5O2/c1-10-7-15(18(22)23)28-19(25-10)13(9-24-28)20(30)26-14-5-6-16(29)27-17(14)11-3-2-4-12(21)8-11/h2-4,7-9,14,17-18H,5-6H2,1H3,(H,26,30)(H,27,29). The van der Waals surface area contributed by atoms with Crippen LogP contribution in [-0.4, -0.2) is 32.5 Å². The van der Waals surface area contributed by atoms with Gasteiger partial charge in [-0.2, -0.15) is 5.10 Å². The van der Waals surface area contributed by atoms with Crippen molar-refractivity contribution in [3.05, 3.63) is 64.9 Å². The Hall–Kier alpha value is -3.43. The fourth-order valence-corrected chi connectivity index (χ4v) is 3.65. The van der Waals surface area contributed by atoms with Crippen LogP contribution in [0.5, 0.6) is 0 Å². The van der Waals surface area contributed by atoms with Crippen LogP contribution < -0.4 is 10.6 Å². The number of rotatable bonds is 4. The van der Waals surface area contributed by atoms with E-state index in [2.05, 4.69) is 20.7 Å². The molecule has 0 saturated carbocycles. The van der Waals surface area contributed by atoms with Gasteiger partial charge < -0.3 is 10.6 Å². The second-order valence-corrected chi connectivity index (χ2v) is 7.14. The molecule has 0 bridgehead atoms. The Labute approximate surface area is 169 Å².